The van der Waals surface area contributed by atoms with Crippen LogP contribution in [0, 0.1) is 18.3 Å². The van der Waals surface area contributed by atoms with Crippen molar-refractivity contribution >= 4 is 28.9 Å². The lowest BCUT2D eigenvalue weighted by atomic mass is 10.0. The molecule has 2 aromatic rings. The van der Waals surface area contributed by atoms with Gasteiger partial charge in [-0.05, 0) is 44.4 Å². The maximum Gasteiger partial charge on any atom is 0.196 e. The van der Waals surface area contributed by atoms with Crippen LogP contribution in [-0.2, 0) is 4.79 Å². The molecule has 1 aromatic heterocycles. The van der Waals surface area contributed by atoms with E-state index < -0.39 is 12.0 Å². The average molecular weight is 332 g/mol. The average Bonchev–Trinajstić information content (AvgIpc) is 2.95. The van der Waals surface area contributed by atoms with Gasteiger partial charge in [-0.1, -0.05) is 0 Å². The third-order valence-corrected chi connectivity index (χ3v) is 4.84. The first kappa shape index (κ1) is 16.5. The zero-order chi connectivity index (χ0) is 16.1. The molecule has 0 unspecified atom stereocenters. The van der Waals surface area contributed by atoms with E-state index in [4.69, 9.17) is 4.74 Å². The summed E-state index contributed by atoms with van der Waals surface area (Å²) in [4.78, 5) is 17.8. The number of nitriles is 1. The summed E-state index contributed by atoms with van der Waals surface area (Å²) in [6.45, 7) is 3.50. The van der Waals surface area contributed by atoms with Crippen LogP contribution >= 0.6 is 23.1 Å². The van der Waals surface area contributed by atoms with Crippen molar-refractivity contribution in [1.82, 2.24) is 4.98 Å². The minimum absolute atomic E-state index is 0.272. The fourth-order valence-electron chi connectivity index (χ4n) is 1.90. The second-order valence-corrected chi connectivity index (χ2v) is 6.50. The number of ketones is 1. The maximum atomic E-state index is 12.4. The minimum atomic E-state index is -0.876. The summed E-state index contributed by atoms with van der Waals surface area (Å²) in [7, 11) is 0. The van der Waals surface area contributed by atoms with Crippen molar-refractivity contribution in [3.05, 3.63) is 40.3 Å². The van der Waals surface area contributed by atoms with Crippen molar-refractivity contribution < 1.29 is 9.53 Å². The highest BCUT2D eigenvalue weighted by Gasteiger charge is 2.29. The Kier molecular flexibility index (Phi) is 5.58. The SMILES string of the molecule is CSc1ccc(O[C@H](C)C(=O)[C@@H](C#N)c2nc(C)cs2)cc1. The zero-order valence-electron chi connectivity index (χ0n) is 12.6. The molecule has 2 atom stereocenters. The van der Waals surface area contributed by atoms with Crippen LogP contribution in [0.25, 0.3) is 0 Å². The van der Waals surface area contributed by atoms with E-state index in [1.54, 1.807) is 18.7 Å². The molecule has 4 nitrogen and oxygen atoms in total. The number of rotatable bonds is 6. The van der Waals surface area contributed by atoms with Crippen LogP contribution in [0.2, 0.25) is 0 Å². The van der Waals surface area contributed by atoms with E-state index in [0.717, 1.165) is 10.6 Å². The highest BCUT2D eigenvalue weighted by Crippen LogP contribution is 2.24. The molecule has 1 heterocycles. The van der Waals surface area contributed by atoms with Gasteiger partial charge in [0, 0.05) is 16.0 Å². The molecule has 2 rings (SSSR count). The number of benzene rings is 1. The highest BCUT2D eigenvalue weighted by atomic mass is 32.2. The number of hydrogen-bond donors (Lipinski definition) is 0. The van der Waals surface area contributed by atoms with Crippen molar-refractivity contribution in [1.29, 1.82) is 5.26 Å². The Labute approximate surface area is 138 Å². The molecule has 0 N–H and O–H groups in total. The number of aryl methyl sites for hydroxylation is 1. The van der Waals surface area contributed by atoms with Crippen LogP contribution in [0.4, 0.5) is 0 Å². The molecule has 0 radical (unpaired) electrons. The quantitative estimate of drug-likeness (QED) is 0.753. The Morgan fingerprint density at radius 1 is 1.41 bits per heavy atom. The molecule has 6 heteroatoms. The fraction of sp³-hybridized carbons (Fsp3) is 0.312. The number of hydrogen-bond acceptors (Lipinski definition) is 6. The predicted molar refractivity (Wildman–Crippen MR) is 88.5 cm³/mol. The van der Waals surface area contributed by atoms with E-state index in [1.807, 2.05) is 48.9 Å². The molecule has 0 aliphatic rings. The van der Waals surface area contributed by atoms with Crippen molar-refractivity contribution in [2.45, 2.75) is 30.8 Å². The fourth-order valence-corrected chi connectivity index (χ4v) is 3.15. The second-order valence-electron chi connectivity index (χ2n) is 4.73. The molecule has 0 bridgehead atoms. The molecule has 114 valence electrons. The second kappa shape index (κ2) is 7.43. The van der Waals surface area contributed by atoms with Crippen molar-refractivity contribution in [3.63, 3.8) is 0 Å². The largest absolute Gasteiger partial charge is 0.483 e. The molecule has 0 saturated heterocycles. The summed E-state index contributed by atoms with van der Waals surface area (Å²) in [5, 5.41) is 11.6. The minimum Gasteiger partial charge on any atom is -0.483 e. The van der Waals surface area contributed by atoms with E-state index in [2.05, 4.69) is 4.98 Å². The first-order valence-corrected chi connectivity index (χ1v) is 8.81. The number of thioether (sulfide) groups is 1. The van der Waals surface area contributed by atoms with Crippen LogP contribution in [0.15, 0.2) is 34.5 Å². The summed E-state index contributed by atoms with van der Waals surface area (Å²) in [6, 6.07) is 9.55. The van der Waals surface area contributed by atoms with E-state index in [1.165, 1.54) is 11.3 Å². The van der Waals surface area contributed by atoms with Crippen LogP contribution in [0.3, 0.4) is 0 Å². The smallest absolute Gasteiger partial charge is 0.196 e. The lowest BCUT2D eigenvalue weighted by Gasteiger charge is -2.15. The third-order valence-electron chi connectivity index (χ3n) is 3.07. The monoisotopic (exact) mass is 332 g/mol. The van der Waals surface area contributed by atoms with E-state index in [0.29, 0.717) is 10.8 Å². The van der Waals surface area contributed by atoms with Gasteiger partial charge in [-0.15, -0.1) is 23.1 Å². The predicted octanol–water partition coefficient (Wildman–Crippen LogP) is 3.82. The molecule has 0 fully saturated rings. The number of ether oxygens (including phenoxy) is 1. The number of nitrogens with zero attached hydrogens (tertiary/aromatic N) is 2. The van der Waals surface area contributed by atoms with Crippen molar-refractivity contribution in [3.8, 4) is 11.8 Å². The van der Waals surface area contributed by atoms with Crippen LogP contribution in [0.1, 0.15) is 23.5 Å². The van der Waals surface area contributed by atoms with Gasteiger partial charge in [-0.3, -0.25) is 4.79 Å². The first-order chi connectivity index (χ1) is 10.5. The molecule has 22 heavy (non-hydrogen) atoms. The van der Waals surface area contributed by atoms with Gasteiger partial charge >= 0.3 is 0 Å². The van der Waals surface area contributed by atoms with Crippen LogP contribution in [0.5, 0.6) is 5.75 Å². The Hall–Kier alpha value is -1.84. The molecular formula is C16H16N2O2S2. The van der Waals surface area contributed by atoms with Crippen LogP contribution < -0.4 is 4.74 Å². The molecular weight excluding hydrogens is 316 g/mol. The Morgan fingerprint density at radius 3 is 2.59 bits per heavy atom. The van der Waals surface area contributed by atoms with Gasteiger partial charge in [-0.2, -0.15) is 5.26 Å². The van der Waals surface area contributed by atoms with E-state index >= 15 is 0 Å². The topological polar surface area (TPSA) is 63.0 Å². The first-order valence-electron chi connectivity index (χ1n) is 6.71. The molecule has 1 aromatic carbocycles. The highest BCUT2D eigenvalue weighted by molar-refractivity contribution is 7.98. The van der Waals surface area contributed by atoms with Crippen molar-refractivity contribution in [2.24, 2.45) is 0 Å². The molecule has 0 spiro atoms. The third kappa shape index (κ3) is 3.87. The number of carbonyl (C=O) groups is 1. The summed E-state index contributed by atoms with van der Waals surface area (Å²) in [6.07, 6.45) is 1.30. The normalized spacial score (nSPS) is 13.2. The summed E-state index contributed by atoms with van der Waals surface area (Å²) in [5.41, 5.74) is 0.814. The number of thiazole rings is 1. The molecule has 0 saturated carbocycles. The Morgan fingerprint density at radius 2 is 2.09 bits per heavy atom. The zero-order valence-corrected chi connectivity index (χ0v) is 14.2. The lowest BCUT2D eigenvalue weighted by Crippen LogP contribution is -2.28. The Balaban J connectivity index is 2.08. The lowest BCUT2D eigenvalue weighted by molar-refractivity contribution is -0.125. The van der Waals surface area contributed by atoms with Crippen LogP contribution in [-0.4, -0.2) is 23.1 Å². The van der Waals surface area contributed by atoms with Gasteiger partial charge in [-0.25, -0.2) is 4.98 Å². The molecule has 0 aliphatic carbocycles. The van der Waals surface area contributed by atoms with Gasteiger partial charge in [0.2, 0.25) is 0 Å². The standard InChI is InChI=1S/C16H16N2O2S2/c1-10-9-22-16(18-10)14(8-17)15(19)11(2)20-12-4-6-13(21-3)7-5-12/h4-7,9,11,14H,1-3H3/t11-,14-/m1/s1. The summed E-state index contributed by atoms with van der Waals surface area (Å²) in [5.74, 6) is -0.532. The van der Waals surface area contributed by atoms with Gasteiger partial charge in [0.05, 0.1) is 6.07 Å². The van der Waals surface area contributed by atoms with Gasteiger partial charge in [0.25, 0.3) is 0 Å². The Bertz CT molecular complexity index is 689. The maximum absolute atomic E-state index is 12.4. The molecule has 0 amide bonds. The number of aromatic nitrogens is 1. The van der Waals surface area contributed by atoms with Gasteiger partial charge < -0.3 is 4.74 Å². The molecule has 0 aliphatic heterocycles. The van der Waals surface area contributed by atoms with E-state index in [9.17, 15) is 10.1 Å². The number of carbonyl (C=O) groups excluding carboxylic acids is 1. The van der Waals surface area contributed by atoms with E-state index in [-0.39, 0.29) is 5.78 Å². The summed E-state index contributed by atoms with van der Waals surface area (Å²) < 4.78 is 5.65. The van der Waals surface area contributed by atoms with Gasteiger partial charge in [0.1, 0.15) is 10.8 Å². The van der Waals surface area contributed by atoms with Crippen molar-refractivity contribution in [2.75, 3.05) is 6.26 Å². The number of Topliss-reactive ketones (excluding diaryl/α,β-unsaturated/α-hetero) is 1. The van der Waals surface area contributed by atoms with Gasteiger partial charge in [0.15, 0.2) is 17.8 Å². The summed E-state index contributed by atoms with van der Waals surface area (Å²) >= 11 is 2.96.